The molecule has 0 aliphatic carbocycles. The quantitative estimate of drug-likeness (QED) is 0.0293. The van der Waals surface area contributed by atoms with Crippen LogP contribution in [0.1, 0.15) is 348 Å². The van der Waals surface area contributed by atoms with E-state index in [1.54, 1.807) is 0 Å². The van der Waals surface area contributed by atoms with Crippen LogP contribution in [0.3, 0.4) is 0 Å². The first-order valence-corrected chi connectivity index (χ1v) is 33.3. The van der Waals surface area contributed by atoms with Crippen LogP contribution >= 0.6 is 0 Å². The summed E-state index contributed by atoms with van der Waals surface area (Å²) >= 11 is 0. The van der Waals surface area contributed by atoms with Gasteiger partial charge < -0.3 is 45.4 Å². The number of ether oxygens (including phenoxy) is 2. The number of aliphatic hydroxyl groups is 6. The molecule has 0 spiro atoms. The zero-order chi connectivity index (χ0) is 54.5. The van der Waals surface area contributed by atoms with E-state index in [4.69, 9.17) is 9.47 Å². The number of hydrogen-bond donors (Lipinski definition) is 7. The minimum Gasteiger partial charge on any atom is -0.394 e. The summed E-state index contributed by atoms with van der Waals surface area (Å²) in [6.07, 6.45) is 57.8. The van der Waals surface area contributed by atoms with Crippen LogP contribution in [-0.4, -0.2) is 98.7 Å². The molecule has 10 nitrogen and oxygen atoms in total. The van der Waals surface area contributed by atoms with Gasteiger partial charge in [-0.15, -0.1) is 0 Å². The monoisotopic (exact) mass is 1070 g/mol. The lowest BCUT2D eigenvalue weighted by Crippen LogP contribution is -2.60. The molecule has 0 radical (unpaired) electrons. The van der Waals surface area contributed by atoms with E-state index in [1.807, 2.05) is 0 Å². The molecule has 1 amide bonds. The lowest BCUT2D eigenvalue weighted by atomic mass is 9.99. The molecule has 1 saturated heterocycles. The second-order valence-electron chi connectivity index (χ2n) is 23.8. The lowest BCUT2D eigenvalue weighted by Gasteiger charge is -2.40. The van der Waals surface area contributed by atoms with E-state index >= 15 is 0 Å². The lowest BCUT2D eigenvalue weighted by molar-refractivity contribution is -0.302. The fourth-order valence-electron chi connectivity index (χ4n) is 11.2. The highest BCUT2D eigenvalue weighted by Gasteiger charge is 2.44. The summed E-state index contributed by atoms with van der Waals surface area (Å²) in [4.78, 5) is 13.2. The molecule has 0 aromatic carbocycles. The predicted octanol–water partition coefficient (Wildman–Crippen LogP) is 16.3. The van der Waals surface area contributed by atoms with Crippen molar-refractivity contribution >= 4 is 5.91 Å². The molecule has 7 N–H and O–H groups in total. The SMILES string of the molecule is CCCCCCCCCCCCCCCCCCCCCCCCCCCCCCCCCCCCC(O)C(=O)NC(COC1OC(CO)C(O)C(O)C1O)C(O)CCCCCCCCCCCCCCCCCC. The van der Waals surface area contributed by atoms with Crippen molar-refractivity contribution in [1.82, 2.24) is 5.32 Å². The summed E-state index contributed by atoms with van der Waals surface area (Å²) in [5, 5.41) is 65.4. The molecule has 448 valence electrons. The molecule has 8 atom stereocenters. The summed E-state index contributed by atoms with van der Waals surface area (Å²) in [6.45, 7) is 3.73. The van der Waals surface area contributed by atoms with Crippen LogP contribution in [0.25, 0.3) is 0 Å². The van der Waals surface area contributed by atoms with E-state index in [2.05, 4.69) is 19.2 Å². The summed E-state index contributed by atoms with van der Waals surface area (Å²) in [5.41, 5.74) is 0. The number of rotatable bonds is 59. The Hall–Kier alpha value is -0.850. The van der Waals surface area contributed by atoms with Crippen molar-refractivity contribution in [3.05, 3.63) is 0 Å². The smallest absolute Gasteiger partial charge is 0.249 e. The number of hydrogen-bond acceptors (Lipinski definition) is 9. The van der Waals surface area contributed by atoms with Crippen molar-refractivity contribution in [1.29, 1.82) is 0 Å². The van der Waals surface area contributed by atoms with Gasteiger partial charge in [-0.3, -0.25) is 4.79 Å². The van der Waals surface area contributed by atoms with Gasteiger partial charge in [0.25, 0.3) is 0 Å². The Kier molecular flexibility index (Phi) is 53.0. The van der Waals surface area contributed by atoms with Crippen LogP contribution in [0.4, 0.5) is 0 Å². The van der Waals surface area contributed by atoms with E-state index in [0.717, 1.165) is 38.5 Å². The molecule has 0 bridgehead atoms. The van der Waals surface area contributed by atoms with E-state index in [1.165, 1.54) is 283 Å². The van der Waals surface area contributed by atoms with Crippen molar-refractivity contribution in [2.45, 2.75) is 397 Å². The van der Waals surface area contributed by atoms with E-state index < -0.39 is 61.5 Å². The van der Waals surface area contributed by atoms with Gasteiger partial charge in [0.2, 0.25) is 5.91 Å². The van der Waals surface area contributed by atoms with Crippen LogP contribution in [0.5, 0.6) is 0 Å². The van der Waals surface area contributed by atoms with Gasteiger partial charge in [-0.2, -0.15) is 0 Å². The standard InChI is InChI=1S/C65H129NO9/c1-3-5-7-9-11-13-15-17-19-21-22-23-24-25-26-27-28-29-30-31-32-33-34-35-36-37-38-40-42-44-46-48-50-52-54-59(69)64(73)66-57(56-74-65-63(72)62(71)61(70)60(55-67)75-65)58(68)53-51-49-47-45-43-41-39-20-18-16-14-12-10-8-6-4-2/h57-63,65,67-72H,3-56H2,1-2H3,(H,66,73). The van der Waals surface area contributed by atoms with Gasteiger partial charge in [-0.25, -0.2) is 0 Å². The van der Waals surface area contributed by atoms with Crippen molar-refractivity contribution in [3.63, 3.8) is 0 Å². The Bertz CT molecular complexity index is 1160. The zero-order valence-corrected chi connectivity index (χ0v) is 49.7. The largest absolute Gasteiger partial charge is 0.394 e. The molecule has 10 heteroatoms. The van der Waals surface area contributed by atoms with Gasteiger partial charge in [0, 0.05) is 0 Å². The number of carbonyl (C=O) groups is 1. The zero-order valence-electron chi connectivity index (χ0n) is 49.7. The molecule has 1 fully saturated rings. The van der Waals surface area contributed by atoms with Gasteiger partial charge in [-0.05, 0) is 12.8 Å². The molecule has 0 saturated carbocycles. The Morgan fingerprint density at radius 2 is 0.667 bits per heavy atom. The number of nitrogens with one attached hydrogen (secondary N) is 1. The second kappa shape index (κ2) is 55.1. The highest BCUT2D eigenvalue weighted by Crippen LogP contribution is 2.24. The number of aliphatic hydroxyl groups excluding tert-OH is 6. The first-order valence-electron chi connectivity index (χ1n) is 33.3. The Morgan fingerprint density at radius 3 is 0.947 bits per heavy atom. The highest BCUT2D eigenvalue weighted by molar-refractivity contribution is 5.80. The van der Waals surface area contributed by atoms with Crippen molar-refractivity contribution in [3.8, 4) is 0 Å². The minimum absolute atomic E-state index is 0.249. The molecule has 1 aliphatic rings. The first-order chi connectivity index (χ1) is 36.8. The number of amides is 1. The second-order valence-corrected chi connectivity index (χ2v) is 23.8. The van der Waals surface area contributed by atoms with Gasteiger partial charge >= 0.3 is 0 Å². The molecule has 1 rings (SSSR count). The molecule has 8 unspecified atom stereocenters. The Balaban J connectivity index is 2.09. The van der Waals surface area contributed by atoms with Crippen LogP contribution in [-0.2, 0) is 14.3 Å². The topological polar surface area (TPSA) is 169 Å². The average Bonchev–Trinajstić information content (AvgIpc) is 3.41. The fraction of sp³-hybridized carbons (Fsp3) is 0.985. The van der Waals surface area contributed by atoms with Crippen molar-refractivity contribution in [2.75, 3.05) is 13.2 Å². The summed E-state index contributed by atoms with van der Waals surface area (Å²) in [5.74, 6) is -0.575. The molecular formula is C65H129NO9. The third-order valence-corrected chi connectivity index (χ3v) is 16.6. The highest BCUT2D eigenvalue weighted by atomic mass is 16.7. The maximum Gasteiger partial charge on any atom is 0.249 e. The van der Waals surface area contributed by atoms with Gasteiger partial charge in [-0.1, -0.05) is 335 Å². The minimum atomic E-state index is -1.59. The maximum absolute atomic E-state index is 13.2. The van der Waals surface area contributed by atoms with Crippen LogP contribution in [0.2, 0.25) is 0 Å². The van der Waals surface area contributed by atoms with Gasteiger partial charge in [0.1, 0.15) is 30.5 Å². The van der Waals surface area contributed by atoms with Crippen LogP contribution < -0.4 is 5.32 Å². The average molecular weight is 1070 g/mol. The van der Waals surface area contributed by atoms with Gasteiger partial charge in [0.15, 0.2) is 6.29 Å². The third kappa shape index (κ3) is 43.6. The summed E-state index contributed by atoms with van der Waals surface area (Å²) in [6, 6.07) is -0.890. The van der Waals surface area contributed by atoms with Gasteiger partial charge in [0.05, 0.1) is 25.4 Å². The normalized spacial score (nSPS) is 19.2. The third-order valence-electron chi connectivity index (χ3n) is 16.6. The first kappa shape index (κ1) is 72.2. The van der Waals surface area contributed by atoms with E-state index in [0.29, 0.717) is 12.8 Å². The fourth-order valence-corrected chi connectivity index (χ4v) is 11.2. The summed E-state index contributed by atoms with van der Waals surface area (Å²) < 4.78 is 11.3. The number of unbranched alkanes of at least 4 members (excludes halogenated alkanes) is 48. The molecule has 0 aromatic heterocycles. The predicted molar refractivity (Wildman–Crippen MR) is 315 cm³/mol. The molecule has 1 heterocycles. The van der Waals surface area contributed by atoms with E-state index in [-0.39, 0.29) is 6.61 Å². The van der Waals surface area contributed by atoms with Crippen LogP contribution in [0.15, 0.2) is 0 Å². The van der Waals surface area contributed by atoms with Crippen LogP contribution in [0, 0.1) is 0 Å². The molecule has 1 aliphatic heterocycles. The summed E-state index contributed by atoms with van der Waals surface area (Å²) in [7, 11) is 0. The molecular weight excluding hydrogens is 939 g/mol. The molecule has 75 heavy (non-hydrogen) atoms. The van der Waals surface area contributed by atoms with E-state index in [9.17, 15) is 35.4 Å². The van der Waals surface area contributed by atoms with Crippen molar-refractivity contribution in [2.24, 2.45) is 0 Å². The number of carbonyl (C=O) groups excluding carboxylic acids is 1. The molecule has 0 aromatic rings. The van der Waals surface area contributed by atoms with Crippen molar-refractivity contribution < 1.29 is 44.9 Å². The Morgan fingerprint density at radius 1 is 0.400 bits per heavy atom. The Labute approximate surface area is 464 Å². The maximum atomic E-state index is 13.2.